The SMILES string of the molecule is C=CC(=O)N(CO)NC1CCN(C(=O)N(C)[C@H](C(=O)N[C@H]2CN3CCC=C(C3)c3ccc4c(c3)c(c(-c3cccnc3[C@H](C)OC)n4CC)CC(C)(C)COC(=O)CCCCN(N)C2=O)C(C)C)C[C@H]1C. The lowest BCUT2D eigenvalue weighted by molar-refractivity contribution is -0.146. The predicted molar refractivity (Wildman–Crippen MR) is 274 cm³/mol. The summed E-state index contributed by atoms with van der Waals surface area (Å²) < 4.78 is 14.1. The second-order valence-electron chi connectivity index (χ2n) is 20.6. The van der Waals surface area contributed by atoms with Crippen molar-refractivity contribution in [2.45, 2.75) is 118 Å². The fraction of sp³-hybridized carbons (Fsp3) is 0.585. The van der Waals surface area contributed by atoms with E-state index in [0.717, 1.165) is 60.6 Å². The summed E-state index contributed by atoms with van der Waals surface area (Å²) in [7, 11) is 3.29. The molecule has 5 N–H and O–H groups in total. The second-order valence-corrected chi connectivity index (χ2v) is 20.6. The Hall–Kier alpha value is -5.66. The number of pyridine rings is 1. The lowest BCUT2D eigenvalue weighted by Gasteiger charge is -2.42. The Morgan fingerprint density at radius 3 is 2.55 bits per heavy atom. The number of benzene rings is 1. The number of cyclic esters (lactones) is 1. The zero-order valence-electron chi connectivity index (χ0n) is 43.4. The van der Waals surface area contributed by atoms with Gasteiger partial charge in [-0.1, -0.05) is 53.3 Å². The number of nitrogens with one attached hydrogen (secondary N) is 2. The number of nitrogens with zero attached hydrogens (tertiary/aromatic N) is 7. The number of aromatic nitrogens is 2. The Morgan fingerprint density at radius 2 is 1.87 bits per heavy atom. The highest BCUT2D eigenvalue weighted by atomic mass is 16.5. The van der Waals surface area contributed by atoms with Gasteiger partial charge in [-0.3, -0.25) is 34.1 Å². The van der Waals surface area contributed by atoms with Crippen LogP contribution in [0.5, 0.6) is 0 Å². The second kappa shape index (κ2) is 24.2. The van der Waals surface area contributed by atoms with Crippen LogP contribution in [0.1, 0.15) is 103 Å². The van der Waals surface area contributed by atoms with E-state index in [-0.39, 0.29) is 62.1 Å². The normalized spacial score (nSPS) is 22.3. The van der Waals surface area contributed by atoms with Crippen LogP contribution < -0.4 is 16.6 Å². The monoisotopic (exact) mass is 983 g/mol. The minimum Gasteiger partial charge on any atom is -0.465 e. The van der Waals surface area contributed by atoms with Crippen molar-refractivity contribution in [3.05, 3.63) is 72.1 Å². The first-order chi connectivity index (χ1) is 33.8. The molecule has 6 atom stereocenters. The predicted octanol–water partition coefficient (Wildman–Crippen LogP) is 5.26. The number of aliphatic hydroxyl groups excluding tert-OH is 1. The van der Waals surface area contributed by atoms with E-state index in [9.17, 15) is 29.1 Å². The summed E-state index contributed by atoms with van der Waals surface area (Å²) in [4.78, 5) is 78.7. The first kappa shape index (κ1) is 54.7. The fourth-order valence-corrected chi connectivity index (χ4v) is 10.4. The summed E-state index contributed by atoms with van der Waals surface area (Å²) >= 11 is 0. The lowest BCUT2D eigenvalue weighted by Crippen LogP contribution is -2.62. The van der Waals surface area contributed by atoms with Gasteiger partial charge in [-0.15, -0.1) is 0 Å². The summed E-state index contributed by atoms with van der Waals surface area (Å²) in [5.74, 6) is 4.32. The molecule has 18 heteroatoms. The first-order valence-electron chi connectivity index (χ1n) is 25.2. The molecule has 388 valence electrons. The molecule has 1 saturated heterocycles. The van der Waals surface area contributed by atoms with E-state index >= 15 is 0 Å². The van der Waals surface area contributed by atoms with Gasteiger partial charge in [0.15, 0.2) is 0 Å². The number of fused-ring (bicyclic) bond motifs is 4. The number of likely N-dealkylation sites (tertiary alicyclic amines) is 1. The molecule has 2 aromatic heterocycles. The van der Waals surface area contributed by atoms with Gasteiger partial charge in [0.1, 0.15) is 18.8 Å². The molecule has 2 unspecified atom stereocenters. The number of amides is 5. The number of piperidine rings is 1. The van der Waals surface area contributed by atoms with Crippen LogP contribution in [0.4, 0.5) is 4.79 Å². The highest BCUT2D eigenvalue weighted by molar-refractivity contribution is 5.95. The van der Waals surface area contributed by atoms with E-state index < -0.39 is 42.0 Å². The Morgan fingerprint density at radius 1 is 1.11 bits per heavy atom. The van der Waals surface area contributed by atoms with Crippen LogP contribution in [0.25, 0.3) is 27.7 Å². The van der Waals surface area contributed by atoms with Gasteiger partial charge >= 0.3 is 12.0 Å². The third kappa shape index (κ3) is 12.9. The van der Waals surface area contributed by atoms with Crippen molar-refractivity contribution in [1.82, 2.24) is 45.0 Å². The molecule has 0 radical (unpaired) electrons. The molecular weight excluding hydrogens is 905 g/mol. The standard InChI is InChI=1S/C53H78N10O8/c1-11-45(65)63(33-64)57-42-22-26-60(29-35(42)5)52(69)58(9)48(34(3)4)50(67)56-43-31-59-24-16-17-38(30-59)37-20-21-44-40(27-37)41(49(61(44)12-2)39-18-15-23-55-47(39)36(6)70-10)28-53(7,8)32-71-46(66)19-13-14-25-62(54)51(43)68/h11,15,17-18,20-21,23,27,34-36,42-43,48,57,64H,1,12-14,16,19,22,24-26,28-33,54H2,2-10H3,(H,56,67)/t35-,36+,42?,43+,48+/m1/s1. The van der Waals surface area contributed by atoms with Crippen molar-refractivity contribution in [3.8, 4) is 11.3 Å². The first-order valence-corrected chi connectivity index (χ1v) is 25.2. The summed E-state index contributed by atoms with van der Waals surface area (Å²) in [6.45, 7) is 20.1. The number of hydrogen-bond acceptors (Lipinski definition) is 12. The summed E-state index contributed by atoms with van der Waals surface area (Å²) in [5.41, 5.74) is 9.84. The summed E-state index contributed by atoms with van der Waals surface area (Å²) in [6, 6.07) is 8.12. The quantitative estimate of drug-likeness (QED) is 0.0458. The van der Waals surface area contributed by atoms with Crippen molar-refractivity contribution in [3.63, 3.8) is 0 Å². The fourth-order valence-electron chi connectivity index (χ4n) is 10.4. The number of methoxy groups -OCH3 is 1. The average Bonchev–Trinajstić information content (AvgIpc) is 3.66. The lowest BCUT2D eigenvalue weighted by atomic mass is 9.84. The van der Waals surface area contributed by atoms with Crippen LogP contribution in [0, 0.1) is 17.3 Å². The summed E-state index contributed by atoms with van der Waals surface area (Å²) in [6.07, 6.45) is 7.76. The molecule has 0 spiro atoms. The highest BCUT2D eigenvalue weighted by Crippen LogP contribution is 2.41. The molecule has 0 saturated carbocycles. The van der Waals surface area contributed by atoms with Crippen molar-refractivity contribution >= 4 is 46.2 Å². The third-order valence-electron chi connectivity index (χ3n) is 14.3. The highest BCUT2D eigenvalue weighted by Gasteiger charge is 2.39. The van der Waals surface area contributed by atoms with Crippen molar-refractivity contribution < 1.29 is 38.6 Å². The number of likely N-dealkylation sites (N-methyl/N-ethyl adjacent to an activating group) is 1. The molecule has 18 nitrogen and oxygen atoms in total. The minimum absolute atomic E-state index is 0.0985. The topological polar surface area (TPSA) is 208 Å². The van der Waals surface area contributed by atoms with Gasteiger partial charge in [0.05, 0.1) is 24.1 Å². The van der Waals surface area contributed by atoms with E-state index in [1.807, 2.05) is 33.8 Å². The van der Waals surface area contributed by atoms with Crippen molar-refractivity contribution in [1.29, 1.82) is 0 Å². The number of rotatable bonds is 12. The van der Waals surface area contributed by atoms with Gasteiger partial charge < -0.3 is 34.3 Å². The van der Waals surface area contributed by atoms with Crippen LogP contribution in [-0.2, 0) is 41.6 Å². The third-order valence-corrected chi connectivity index (χ3v) is 14.3. The molecule has 1 fully saturated rings. The number of hydrazine groups is 2. The molecule has 71 heavy (non-hydrogen) atoms. The molecule has 6 rings (SSSR count). The molecule has 3 aliphatic heterocycles. The van der Waals surface area contributed by atoms with Gasteiger partial charge in [-0.25, -0.2) is 21.1 Å². The Kier molecular flexibility index (Phi) is 18.6. The number of carbonyl (C=O) groups excluding carboxylic acids is 5. The van der Waals surface area contributed by atoms with Gasteiger partial charge in [-0.2, -0.15) is 0 Å². The van der Waals surface area contributed by atoms with Gasteiger partial charge in [0, 0.05) is 101 Å². The zero-order chi connectivity index (χ0) is 51.7. The Bertz CT molecular complexity index is 2430. The maximum Gasteiger partial charge on any atom is 0.320 e. The van der Waals surface area contributed by atoms with E-state index in [4.69, 9.17) is 20.3 Å². The number of urea groups is 1. The van der Waals surface area contributed by atoms with E-state index in [0.29, 0.717) is 64.8 Å². The van der Waals surface area contributed by atoms with Crippen LogP contribution in [-0.4, -0.2) is 154 Å². The molecule has 3 aliphatic rings. The molecular formula is C53H78N10O8. The minimum atomic E-state index is -1.05. The number of ether oxygens (including phenoxy) is 2. The maximum absolute atomic E-state index is 14.6. The number of nitrogens with two attached hydrogens (primary N) is 1. The van der Waals surface area contributed by atoms with Gasteiger partial charge in [-0.05, 0) is 105 Å². The molecule has 3 aromatic rings. The van der Waals surface area contributed by atoms with Crippen LogP contribution in [0.2, 0.25) is 0 Å². The van der Waals surface area contributed by atoms with Crippen molar-refractivity contribution in [2.75, 3.05) is 66.8 Å². The van der Waals surface area contributed by atoms with E-state index in [1.54, 1.807) is 25.3 Å². The molecule has 0 aliphatic carbocycles. The zero-order valence-corrected chi connectivity index (χ0v) is 43.4. The van der Waals surface area contributed by atoms with Gasteiger partial charge in [0.2, 0.25) is 5.91 Å². The number of aliphatic hydroxyl groups is 1. The van der Waals surface area contributed by atoms with E-state index in [2.05, 4.69) is 77.9 Å². The Balaban J connectivity index is 1.30. The van der Waals surface area contributed by atoms with E-state index in [1.165, 1.54) is 4.90 Å². The Labute approximate surface area is 419 Å². The van der Waals surface area contributed by atoms with Crippen LogP contribution in [0.15, 0.2) is 55.3 Å². The largest absolute Gasteiger partial charge is 0.465 e. The number of carbonyl (C=O) groups is 5. The number of aryl methyl sites for hydroxylation is 1. The molecule has 4 bridgehead atoms. The number of esters is 1. The number of hydrogen-bond donors (Lipinski definition) is 4. The average molecular weight is 983 g/mol. The smallest absolute Gasteiger partial charge is 0.320 e. The maximum atomic E-state index is 14.6. The molecule has 5 heterocycles. The van der Waals surface area contributed by atoms with Crippen LogP contribution in [0.3, 0.4) is 0 Å². The van der Waals surface area contributed by atoms with Crippen LogP contribution >= 0.6 is 0 Å². The van der Waals surface area contributed by atoms with Crippen molar-refractivity contribution in [2.24, 2.45) is 23.1 Å². The molecule has 5 amide bonds. The summed E-state index contributed by atoms with van der Waals surface area (Å²) in [5, 5.41) is 16.1. The van der Waals surface area contributed by atoms with Gasteiger partial charge in [0.25, 0.3) is 11.8 Å². The molecule has 1 aromatic carbocycles.